The monoisotopic (exact) mass is 370 g/mol. The number of allylic oxidation sites excluding steroid dienone is 1. The summed E-state index contributed by atoms with van der Waals surface area (Å²) in [6.07, 6.45) is 0. The van der Waals surface area contributed by atoms with Gasteiger partial charge in [0.05, 0.1) is 30.2 Å². The molecule has 1 heterocycles. The van der Waals surface area contributed by atoms with E-state index >= 15 is 0 Å². The number of ether oxygens (including phenoxy) is 3. The molecule has 0 bridgehead atoms. The van der Waals surface area contributed by atoms with Gasteiger partial charge in [-0.15, -0.1) is 0 Å². The molecule has 0 saturated heterocycles. The number of rotatable bonds is 3. The first-order valence-electron chi connectivity index (χ1n) is 8.29. The van der Waals surface area contributed by atoms with Crippen LogP contribution in [0.15, 0.2) is 47.1 Å². The van der Waals surface area contributed by atoms with Crippen molar-refractivity contribution < 1.29 is 23.8 Å². The van der Waals surface area contributed by atoms with Gasteiger partial charge in [-0.2, -0.15) is 5.26 Å². The Morgan fingerprint density at radius 3 is 2.22 bits per heavy atom. The molecule has 1 aliphatic heterocycles. The molecule has 0 fully saturated rings. The number of nitriles is 1. The topological polar surface area (TPSA) is 112 Å². The maximum absolute atomic E-state index is 12.9. The fourth-order valence-corrected chi connectivity index (χ4v) is 2.77. The van der Waals surface area contributed by atoms with Gasteiger partial charge in [0.15, 0.2) is 0 Å². The van der Waals surface area contributed by atoms with Crippen molar-refractivity contribution in [2.45, 2.75) is 39.2 Å². The van der Waals surface area contributed by atoms with E-state index in [0.29, 0.717) is 11.1 Å². The summed E-state index contributed by atoms with van der Waals surface area (Å²) >= 11 is 0. The fraction of sp³-hybridized carbons (Fsp3) is 0.350. The van der Waals surface area contributed by atoms with Gasteiger partial charge in [0.1, 0.15) is 16.9 Å². The number of benzene rings is 1. The van der Waals surface area contributed by atoms with E-state index in [9.17, 15) is 9.59 Å². The van der Waals surface area contributed by atoms with Gasteiger partial charge in [-0.3, -0.25) is 0 Å². The van der Waals surface area contributed by atoms with Gasteiger partial charge < -0.3 is 19.9 Å². The summed E-state index contributed by atoms with van der Waals surface area (Å²) in [5.74, 6) is -2.07. The molecule has 2 rings (SSSR count). The minimum absolute atomic E-state index is 0.00802. The number of esters is 2. The van der Waals surface area contributed by atoms with Gasteiger partial charge in [-0.05, 0) is 45.4 Å². The van der Waals surface area contributed by atoms with Crippen LogP contribution in [0.5, 0.6) is 0 Å². The van der Waals surface area contributed by atoms with E-state index in [4.69, 9.17) is 25.2 Å². The highest BCUT2D eigenvalue weighted by atomic mass is 16.6. The van der Waals surface area contributed by atoms with Crippen molar-refractivity contribution in [2.75, 3.05) is 7.11 Å². The predicted octanol–water partition coefficient (Wildman–Crippen LogP) is 2.63. The highest BCUT2D eigenvalue weighted by Gasteiger charge is 2.40. The summed E-state index contributed by atoms with van der Waals surface area (Å²) in [4.78, 5) is 25.2. The maximum atomic E-state index is 12.9. The van der Waals surface area contributed by atoms with Crippen LogP contribution in [-0.4, -0.2) is 24.6 Å². The van der Waals surface area contributed by atoms with Crippen LogP contribution in [0.4, 0.5) is 0 Å². The zero-order valence-corrected chi connectivity index (χ0v) is 16.0. The molecule has 1 atom stereocenters. The minimum atomic E-state index is -0.839. The number of nitrogens with zero attached hydrogens (tertiary/aromatic N) is 1. The molecule has 1 aromatic carbocycles. The van der Waals surface area contributed by atoms with Crippen LogP contribution in [0.1, 0.15) is 44.7 Å². The normalized spacial score (nSPS) is 17.1. The Balaban J connectivity index is 2.64. The summed E-state index contributed by atoms with van der Waals surface area (Å²) in [7, 11) is 1.22. The number of methoxy groups -OCH3 is 1. The lowest BCUT2D eigenvalue weighted by molar-refractivity contribution is -0.150. The molecule has 2 N–H and O–H groups in total. The van der Waals surface area contributed by atoms with Gasteiger partial charge >= 0.3 is 11.9 Å². The second kappa shape index (κ2) is 7.54. The number of carbonyl (C=O) groups is 2. The lowest BCUT2D eigenvalue weighted by Crippen LogP contribution is -2.33. The highest BCUT2D eigenvalue weighted by Crippen LogP contribution is 2.40. The van der Waals surface area contributed by atoms with E-state index in [-0.39, 0.29) is 22.8 Å². The number of nitrogens with two attached hydrogens (primary N) is 1. The van der Waals surface area contributed by atoms with E-state index in [2.05, 4.69) is 0 Å². The summed E-state index contributed by atoms with van der Waals surface area (Å²) in [6, 6.07) is 8.53. The summed E-state index contributed by atoms with van der Waals surface area (Å²) < 4.78 is 15.8. The molecule has 7 nitrogen and oxygen atoms in total. The van der Waals surface area contributed by atoms with Crippen molar-refractivity contribution in [1.82, 2.24) is 0 Å². The summed E-state index contributed by atoms with van der Waals surface area (Å²) in [5.41, 5.74) is 6.39. The van der Waals surface area contributed by atoms with Crippen LogP contribution >= 0.6 is 0 Å². The smallest absolute Gasteiger partial charge is 0.340 e. The van der Waals surface area contributed by atoms with Crippen LogP contribution < -0.4 is 5.73 Å². The molecule has 7 heteroatoms. The largest absolute Gasteiger partial charge is 0.465 e. The Labute approximate surface area is 158 Å². The molecular formula is C20H22N2O5. The molecule has 1 unspecified atom stereocenters. The van der Waals surface area contributed by atoms with Gasteiger partial charge in [-0.1, -0.05) is 12.1 Å². The molecule has 142 valence electrons. The molecule has 0 saturated carbocycles. The molecule has 0 amide bonds. The lowest BCUT2D eigenvalue weighted by Gasteiger charge is -2.30. The van der Waals surface area contributed by atoms with Gasteiger partial charge in [0.2, 0.25) is 5.88 Å². The van der Waals surface area contributed by atoms with Gasteiger partial charge in [0.25, 0.3) is 0 Å². The zero-order valence-electron chi connectivity index (χ0n) is 16.0. The van der Waals surface area contributed by atoms with Crippen molar-refractivity contribution >= 4 is 11.9 Å². The van der Waals surface area contributed by atoms with E-state index in [1.807, 2.05) is 6.07 Å². The predicted molar refractivity (Wildman–Crippen MR) is 96.8 cm³/mol. The molecule has 0 aliphatic carbocycles. The van der Waals surface area contributed by atoms with E-state index in [1.54, 1.807) is 52.0 Å². The first kappa shape index (κ1) is 20.0. The van der Waals surface area contributed by atoms with Crippen LogP contribution in [0, 0.1) is 11.3 Å². The highest BCUT2D eigenvalue weighted by molar-refractivity contribution is 5.99. The maximum Gasteiger partial charge on any atom is 0.340 e. The van der Waals surface area contributed by atoms with E-state index in [1.165, 1.54) is 7.11 Å². The van der Waals surface area contributed by atoms with Crippen LogP contribution in [0.3, 0.4) is 0 Å². The summed E-state index contributed by atoms with van der Waals surface area (Å²) in [5, 5.41) is 9.01. The third-order valence-electron chi connectivity index (χ3n) is 3.88. The Kier molecular flexibility index (Phi) is 5.60. The second-order valence-corrected chi connectivity index (χ2v) is 7.01. The molecule has 1 aliphatic rings. The Morgan fingerprint density at radius 1 is 1.15 bits per heavy atom. The van der Waals surface area contributed by atoms with Crippen molar-refractivity contribution in [3.05, 3.63) is 58.2 Å². The van der Waals surface area contributed by atoms with Gasteiger partial charge in [0, 0.05) is 0 Å². The van der Waals surface area contributed by atoms with Crippen LogP contribution in [0.2, 0.25) is 0 Å². The first-order chi connectivity index (χ1) is 12.6. The van der Waals surface area contributed by atoms with E-state index < -0.39 is 23.5 Å². The van der Waals surface area contributed by atoms with Gasteiger partial charge in [-0.25, -0.2) is 9.59 Å². The van der Waals surface area contributed by atoms with Crippen molar-refractivity contribution in [3.8, 4) is 6.07 Å². The molecule has 27 heavy (non-hydrogen) atoms. The van der Waals surface area contributed by atoms with Crippen LogP contribution in [-0.2, 0) is 23.8 Å². The van der Waals surface area contributed by atoms with E-state index in [0.717, 1.165) is 0 Å². The fourth-order valence-electron chi connectivity index (χ4n) is 2.77. The molecule has 1 aromatic rings. The molecule has 0 spiro atoms. The Bertz CT molecular complexity index is 867. The van der Waals surface area contributed by atoms with Crippen molar-refractivity contribution in [2.24, 2.45) is 5.73 Å². The number of hydrogen-bond donors (Lipinski definition) is 1. The molecular weight excluding hydrogens is 348 g/mol. The SMILES string of the molecule is COC(=O)C1=C(N)OC(C)=C(C(=O)OC(C)(C)C)C1c1ccc(C#N)cc1. The zero-order chi connectivity index (χ0) is 20.4. The summed E-state index contributed by atoms with van der Waals surface area (Å²) in [6.45, 7) is 6.81. The molecule has 0 aromatic heterocycles. The number of carbonyl (C=O) groups excluding carboxylic acids is 2. The van der Waals surface area contributed by atoms with Crippen molar-refractivity contribution in [1.29, 1.82) is 5.26 Å². The average Bonchev–Trinajstić information content (AvgIpc) is 2.59. The first-order valence-corrected chi connectivity index (χ1v) is 8.29. The average molecular weight is 370 g/mol. The Morgan fingerprint density at radius 2 is 1.74 bits per heavy atom. The van der Waals surface area contributed by atoms with Crippen molar-refractivity contribution in [3.63, 3.8) is 0 Å². The minimum Gasteiger partial charge on any atom is -0.465 e. The standard InChI is InChI=1S/C20H22N2O5/c1-11-14(19(24)27-20(2,3)4)15(13-8-6-12(10-21)7-9-13)16(17(22)26-11)18(23)25-5/h6-9,15H,22H2,1-5H3. The Hall–Kier alpha value is -3.27. The van der Waals surface area contributed by atoms with Crippen LogP contribution in [0.25, 0.3) is 0 Å². The third-order valence-corrected chi connectivity index (χ3v) is 3.88. The third kappa shape index (κ3) is 4.29. The number of hydrogen-bond acceptors (Lipinski definition) is 7. The quantitative estimate of drug-likeness (QED) is 0.814. The lowest BCUT2D eigenvalue weighted by atomic mass is 9.82. The second-order valence-electron chi connectivity index (χ2n) is 7.01. The molecule has 0 radical (unpaired) electrons.